The average Bonchev–Trinajstić information content (AvgIpc) is 3.36. The third kappa shape index (κ3) is 5.72. The molecule has 2 unspecified atom stereocenters. The number of hydrogen-bond donors (Lipinski definition) is 2. The minimum Gasteiger partial charge on any atom is -0.493 e. The molecule has 9 heteroatoms. The van der Waals surface area contributed by atoms with Gasteiger partial charge in [-0.25, -0.2) is 4.79 Å². The first-order valence-electron chi connectivity index (χ1n) is 12.2. The van der Waals surface area contributed by atoms with Gasteiger partial charge in [0.1, 0.15) is 0 Å². The number of ether oxygens (including phenoxy) is 3. The molecular weight excluding hydrogens is 462 g/mol. The topological polar surface area (TPSA) is 106 Å². The van der Waals surface area contributed by atoms with Gasteiger partial charge in [-0.1, -0.05) is 6.92 Å². The normalized spacial score (nSPS) is 18.4. The fourth-order valence-electron chi connectivity index (χ4n) is 4.42. The Labute approximate surface area is 211 Å². The predicted molar refractivity (Wildman–Crippen MR) is 137 cm³/mol. The van der Waals surface area contributed by atoms with Crippen molar-refractivity contribution in [3.05, 3.63) is 41.5 Å². The molecule has 9 nitrogen and oxygen atoms in total. The summed E-state index contributed by atoms with van der Waals surface area (Å²) in [6.07, 6.45) is 3.18. The summed E-state index contributed by atoms with van der Waals surface area (Å²) in [5.41, 5.74) is 3.05. The molecule has 2 aromatic rings. The zero-order chi connectivity index (χ0) is 25.8. The van der Waals surface area contributed by atoms with Gasteiger partial charge in [0.2, 0.25) is 5.91 Å². The van der Waals surface area contributed by atoms with E-state index in [1.807, 2.05) is 32.0 Å². The van der Waals surface area contributed by atoms with Crippen LogP contribution in [0.15, 0.2) is 30.3 Å². The lowest BCUT2D eigenvalue weighted by atomic mass is 10.1. The lowest BCUT2D eigenvalue weighted by Gasteiger charge is -2.19. The fourth-order valence-corrected chi connectivity index (χ4v) is 4.42. The van der Waals surface area contributed by atoms with Crippen LogP contribution in [0.1, 0.15) is 42.1 Å². The molecule has 2 aliphatic rings. The molecule has 1 saturated heterocycles. The van der Waals surface area contributed by atoms with Crippen molar-refractivity contribution in [2.75, 3.05) is 49.4 Å². The molecule has 0 bridgehead atoms. The van der Waals surface area contributed by atoms with Crippen molar-refractivity contribution in [2.45, 2.75) is 33.1 Å². The second-order valence-electron chi connectivity index (χ2n) is 9.38. The van der Waals surface area contributed by atoms with Crippen molar-refractivity contribution in [3.8, 4) is 11.5 Å². The number of aryl methyl sites for hydroxylation is 1. The predicted octanol–water partition coefficient (Wildman–Crippen LogP) is 4.00. The summed E-state index contributed by atoms with van der Waals surface area (Å²) in [6, 6.07) is 8.85. The number of esters is 1. The molecule has 2 aromatic carbocycles. The molecule has 2 N–H and O–H groups in total. The summed E-state index contributed by atoms with van der Waals surface area (Å²) >= 11 is 0. The largest absolute Gasteiger partial charge is 0.493 e. The molecule has 1 aliphatic carbocycles. The second kappa shape index (κ2) is 10.9. The number of methoxy groups -OCH3 is 2. The van der Waals surface area contributed by atoms with Crippen LogP contribution in [0.2, 0.25) is 0 Å². The Kier molecular flexibility index (Phi) is 7.67. The first-order chi connectivity index (χ1) is 17.3. The number of nitrogens with one attached hydrogen (secondary N) is 2. The maximum atomic E-state index is 12.9. The smallest absolute Gasteiger partial charge is 0.340 e. The van der Waals surface area contributed by atoms with Crippen LogP contribution in [0.25, 0.3) is 0 Å². The van der Waals surface area contributed by atoms with E-state index >= 15 is 0 Å². The number of amides is 2. The molecule has 192 valence electrons. The van der Waals surface area contributed by atoms with E-state index in [1.54, 1.807) is 0 Å². The van der Waals surface area contributed by atoms with Gasteiger partial charge in [0.05, 0.1) is 25.5 Å². The van der Waals surface area contributed by atoms with E-state index in [1.165, 1.54) is 39.2 Å². The molecule has 1 heterocycles. The van der Waals surface area contributed by atoms with E-state index in [4.69, 9.17) is 14.2 Å². The lowest BCUT2D eigenvalue weighted by molar-refractivity contribution is -0.119. The third-order valence-corrected chi connectivity index (χ3v) is 6.74. The Morgan fingerprint density at radius 3 is 2.25 bits per heavy atom. The van der Waals surface area contributed by atoms with E-state index < -0.39 is 18.5 Å². The third-order valence-electron chi connectivity index (χ3n) is 6.74. The summed E-state index contributed by atoms with van der Waals surface area (Å²) in [6.45, 7) is 5.53. The van der Waals surface area contributed by atoms with Crippen molar-refractivity contribution < 1.29 is 28.6 Å². The molecule has 2 atom stereocenters. The Balaban J connectivity index is 1.42. The van der Waals surface area contributed by atoms with Gasteiger partial charge in [-0.15, -0.1) is 0 Å². The van der Waals surface area contributed by atoms with Gasteiger partial charge in [0.15, 0.2) is 18.1 Å². The second-order valence-corrected chi connectivity index (χ2v) is 9.38. The highest BCUT2D eigenvalue weighted by molar-refractivity contribution is 6.04. The highest BCUT2D eigenvalue weighted by Crippen LogP contribution is 2.40. The standard InChI is InChI=1S/C27H33N3O6/c1-16-12-19(16)26(32)29-22-14-24(35-4)23(34-3)13-20(22)27(33)36-15-25(31)28-21-8-7-18(11-17(21)2)30-9-5-6-10-30/h7-8,11,13-14,16,19H,5-6,9-10,12,15H2,1-4H3,(H,28,31)(H,29,32). The Morgan fingerprint density at radius 1 is 0.972 bits per heavy atom. The minimum absolute atomic E-state index is 0.0771. The summed E-state index contributed by atoms with van der Waals surface area (Å²) in [7, 11) is 2.91. The first kappa shape index (κ1) is 25.3. The van der Waals surface area contributed by atoms with Crippen molar-refractivity contribution in [1.82, 2.24) is 0 Å². The summed E-state index contributed by atoms with van der Waals surface area (Å²) in [5.74, 6) is -0.511. The van der Waals surface area contributed by atoms with Gasteiger partial charge in [0.25, 0.3) is 5.91 Å². The number of carbonyl (C=O) groups excluding carboxylic acids is 3. The molecule has 1 aliphatic heterocycles. The van der Waals surface area contributed by atoms with Crippen molar-refractivity contribution in [2.24, 2.45) is 11.8 Å². The van der Waals surface area contributed by atoms with E-state index in [0.717, 1.165) is 30.8 Å². The molecule has 2 fully saturated rings. The Hall–Kier alpha value is -3.75. The molecule has 4 rings (SSSR count). The number of nitrogens with zero attached hydrogens (tertiary/aromatic N) is 1. The summed E-state index contributed by atoms with van der Waals surface area (Å²) in [4.78, 5) is 40.3. The van der Waals surface area contributed by atoms with E-state index in [0.29, 0.717) is 23.1 Å². The number of anilines is 3. The van der Waals surface area contributed by atoms with Gasteiger partial charge in [-0.05, 0) is 55.9 Å². The number of benzene rings is 2. The molecule has 0 radical (unpaired) electrons. The van der Waals surface area contributed by atoms with E-state index in [9.17, 15) is 14.4 Å². The molecule has 36 heavy (non-hydrogen) atoms. The van der Waals surface area contributed by atoms with Crippen LogP contribution in [0.3, 0.4) is 0 Å². The van der Waals surface area contributed by atoms with Crippen molar-refractivity contribution in [3.63, 3.8) is 0 Å². The zero-order valence-corrected chi connectivity index (χ0v) is 21.2. The highest BCUT2D eigenvalue weighted by atomic mass is 16.5. The SMILES string of the molecule is COc1cc(NC(=O)C2CC2C)c(C(=O)OCC(=O)Nc2ccc(N3CCCC3)cc2C)cc1OC. The van der Waals surface area contributed by atoms with Crippen LogP contribution in [-0.2, 0) is 14.3 Å². The van der Waals surface area contributed by atoms with Gasteiger partial charge in [-0.3, -0.25) is 9.59 Å². The first-order valence-corrected chi connectivity index (χ1v) is 12.2. The van der Waals surface area contributed by atoms with Gasteiger partial charge in [-0.2, -0.15) is 0 Å². The van der Waals surface area contributed by atoms with Crippen molar-refractivity contribution in [1.29, 1.82) is 0 Å². The molecule has 0 spiro atoms. The van der Waals surface area contributed by atoms with Crippen LogP contribution in [0.5, 0.6) is 11.5 Å². The Morgan fingerprint density at radius 2 is 1.64 bits per heavy atom. The van der Waals surface area contributed by atoms with E-state index in [-0.39, 0.29) is 23.1 Å². The van der Waals surface area contributed by atoms with Gasteiger partial charge < -0.3 is 29.7 Å². The van der Waals surface area contributed by atoms with Crippen LogP contribution in [-0.4, -0.2) is 51.7 Å². The quantitative estimate of drug-likeness (QED) is 0.507. The number of carbonyl (C=O) groups is 3. The minimum atomic E-state index is -0.758. The Bertz CT molecular complexity index is 1160. The van der Waals surface area contributed by atoms with Gasteiger partial charge >= 0.3 is 5.97 Å². The molecular formula is C27H33N3O6. The molecule has 0 aromatic heterocycles. The average molecular weight is 496 g/mol. The summed E-state index contributed by atoms with van der Waals surface area (Å²) in [5, 5.41) is 5.59. The number of hydrogen-bond acceptors (Lipinski definition) is 7. The van der Waals surface area contributed by atoms with Crippen LogP contribution < -0.4 is 25.0 Å². The van der Waals surface area contributed by atoms with Crippen LogP contribution >= 0.6 is 0 Å². The zero-order valence-electron chi connectivity index (χ0n) is 21.2. The number of rotatable bonds is 9. The monoisotopic (exact) mass is 495 g/mol. The molecule has 1 saturated carbocycles. The van der Waals surface area contributed by atoms with Crippen LogP contribution in [0, 0.1) is 18.8 Å². The highest BCUT2D eigenvalue weighted by Gasteiger charge is 2.39. The molecule has 2 amide bonds. The van der Waals surface area contributed by atoms with Crippen LogP contribution in [0.4, 0.5) is 17.1 Å². The van der Waals surface area contributed by atoms with Crippen molar-refractivity contribution >= 4 is 34.8 Å². The maximum Gasteiger partial charge on any atom is 0.340 e. The fraction of sp³-hybridized carbons (Fsp3) is 0.444. The summed E-state index contributed by atoms with van der Waals surface area (Å²) < 4.78 is 15.9. The van der Waals surface area contributed by atoms with Gasteiger partial charge in [0, 0.05) is 42.5 Å². The lowest BCUT2D eigenvalue weighted by Crippen LogP contribution is -2.23. The maximum absolute atomic E-state index is 12.9. The van der Waals surface area contributed by atoms with E-state index in [2.05, 4.69) is 15.5 Å².